The molecule has 128 valence electrons. The summed E-state index contributed by atoms with van der Waals surface area (Å²) in [5.41, 5.74) is 0.700. The molecule has 1 N–H and O–H groups in total. The van der Waals surface area contributed by atoms with Crippen LogP contribution in [0.15, 0.2) is 53.4 Å². The van der Waals surface area contributed by atoms with Gasteiger partial charge in [0.25, 0.3) is 5.91 Å². The fourth-order valence-corrected chi connectivity index (χ4v) is 2.80. The molecule has 0 saturated heterocycles. The summed E-state index contributed by atoms with van der Waals surface area (Å²) in [4.78, 5) is 13.1. The van der Waals surface area contributed by atoms with Gasteiger partial charge < -0.3 is 10.0 Å². The molecular formula is C16H15F2NO4S. The zero-order chi connectivity index (χ0) is 17.9. The predicted octanol–water partition coefficient (Wildman–Crippen LogP) is 2.66. The lowest BCUT2D eigenvalue weighted by Gasteiger charge is -2.18. The van der Waals surface area contributed by atoms with Gasteiger partial charge in [0.15, 0.2) is 0 Å². The van der Waals surface area contributed by atoms with Crippen LogP contribution < -0.4 is 0 Å². The van der Waals surface area contributed by atoms with Crippen LogP contribution in [0.25, 0.3) is 0 Å². The molecule has 5 nitrogen and oxygen atoms in total. The number of phenols is 1. The second-order valence-electron chi connectivity index (χ2n) is 5.12. The Hall–Kier alpha value is -2.48. The Morgan fingerprint density at radius 2 is 1.71 bits per heavy atom. The summed E-state index contributed by atoms with van der Waals surface area (Å²) in [6, 6.07) is 10.8. The summed E-state index contributed by atoms with van der Waals surface area (Å²) in [7, 11) is -3.17. The van der Waals surface area contributed by atoms with Crippen LogP contribution in [0.2, 0.25) is 0 Å². The van der Waals surface area contributed by atoms with Gasteiger partial charge in [0.1, 0.15) is 5.75 Å². The number of para-hydroxylation sites is 1. The van der Waals surface area contributed by atoms with Crippen molar-refractivity contribution in [3.05, 3.63) is 59.7 Å². The fraction of sp³-hybridized carbons (Fsp3) is 0.188. The molecule has 0 aromatic heterocycles. The first-order valence-corrected chi connectivity index (χ1v) is 8.42. The number of sulfone groups is 1. The third-order valence-corrected chi connectivity index (χ3v) is 4.81. The summed E-state index contributed by atoms with van der Waals surface area (Å²) in [6.45, 7) is 0.141. The molecule has 2 aromatic rings. The van der Waals surface area contributed by atoms with Gasteiger partial charge in [0.05, 0.1) is 4.90 Å². The number of carbonyl (C=O) groups excluding carboxylic acids is 1. The van der Waals surface area contributed by atoms with Crippen molar-refractivity contribution >= 4 is 15.7 Å². The number of benzene rings is 2. The minimum Gasteiger partial charge on any atom is -0.508 e. The Kier molecular flexibility index (Phi) is 5.18. The van der Waals surface area contributed by atoms with Gasteiger partial charge in [-0.25, -0.2) is 8.42 Å². The number of hydrogen-bond acceptors (Lipinski definition) is 4. The van der Waals surface area contributed by atoms with Crippen LogP contribution in [0.1, 0.15) is 15.9 Å². The summed E-state index contributed by atoms with van der Waals surface area (Å²) in [5.74, 6) is -3.89. The van der Waals surface area contributed by atoms with E-state index >= 15 is 0 Å². The summed E-state index contributed by atoms with van der Waals surface area (Å²) < 4.78 is 47.7. The van der Waals surface area contributed by atoms with E-state index in [4.69, 9.17) is 0 Å². The van der Waals surface area contributed by atoms with E-state index in [1.165, 1.54) is 30.1 Å². The average molecular weight is 355 g/mol. The molecule has 0 radical (unpaired) electrons. The second-order valence-corrected chi connectivity index (χ2v) is 7.04. The first kappa shape index (κ1) is 17.9. The van der Waals surface area contributed by atoms with E-state index in [2.05, 4.69) is 0 Å². The fourth-order valence-electron chi connectivity index (χ4n) is 2.08. The zero-order valence-corrected chi connectivity index (χ0v) is 13.5. The van der Waals surface area contributed by atoms with E-state index in [9.17, 15) is 27.1 Å². The molecule has 0 aliphatic heterocycles. The maximum absolute atomic E-state index is 12.5. The lowest BCUT2D eigenvalue weighted by Crippen LogP contribution is -2.26. The quantitative estimate of drug-likeness (QED) is 0.895. The van der Waals surface area contributed by atoms with Crippen molar-refractivity contribution in [2.75, 3.05) is 7.05 Å². The number of alkyl halides is 2. The van der Waals surface area contributed by atoms with E-state index in [-0.39, 0.29) is 17.9 Å². The molecule has 0 aliphatic rings. The lowest BCUT2D eigenvalue weighted by molar-refractivity contribution is 0.0784. The SMILES string of the molecule is CN(Cc1ccccc1O)C(=O)c1ccc(S(=O)(=O)C(F)F)cc1. The van der Waals surface area contributed by atoms with Gasteiger partial charge in [-0.3, -0.25) is 4.79 Å². The molecule has 2 rings (SSSR count). The molecule has 0 spiro atoms. The molecule has 0 saturated carbocycles. The molecule has 0 fully saturated rings. The van der Waals surface area contributed by atoms with Crippen molar-refractivity contribution in [1.82, 2.24) is 4.90 Å². The first-order chi connectivity index (χ1) is 11.2. The van der Waals surface area contributed by atoms with Crippen LogP contribution >= 0.6 is 0 Å². The maximum atomic E-state index is 12.5. The van der Waals surface area contributed by atoms with Crippen molar-refractivity contribution in [3.8, 4) is 5.75 Å². The Morgan fingerprint density at radius 1 is 1.12 bits per heavy atom. The lowest BCUT2D eigenvalue weighted by atomic mass is 10.1. The maximum Gasteiger partial charge on any atom is 0.341 e. The highest BCUT2D eigenvalue weighted by atomic mass is 32.2. The molecule has 0 heterocycles. The number of rotatable bonds is 5. The largest absolute Gasteiger partial charge is 0.508 e. The smallest absolute Gasteiger partial charge is 0.341 e. The Bertz CT molecular complexity index is 835. The second kappa shape index (κ2) is 6.96. The third kappa shape index (κ3) is 3.70. The monoisotopic (exact) mass is 355 g/mol. The molecule has 8 heteroatoms. The van der Waals surface area contributed by atoms with Crippen molar-refractivity contribution in [2.45, 2.75) is 17.2 Å². The first-order valence-electron chi connectivity index (χ1n) is 6.88. The van der Waals surface area contributed by atoms with Crippen LogP contribution in [-0.2, 0) is 16.4 Å². The molecule has 2 aromatic carbocycles. The van der Waals surface area contributed by atoms with E-state index in [1.807, 2.05) is 0 Å². The van der Waals surface area contributed by atoms with Gasteiger partial charge in [0.2, 0.25) is 9.84 Å². The minimum atomic E-state index is -4.69. The molecular weight excluding hydrogens is 340 g/mol. The summed E-state index contributed by atoms with van der Waals surface area (Å²) in [5, 5.41) is 9.71. The van der Waals surface area contributed by atoms with Crippen LogP contribution in [0, 0.1) is 0 Å². The molecule has 0 aliphatic carbocycles. The molecule has 0 unspecified atom stereocenters. The number of nitrogens with zero attached hydrogens (tertiary/aromatic N) is 1. The van der Waals surface area contributed by atoms with Crippen LogP contribution in [0.3, 0.4) is 0 Å². The molecule has 24 heavy (non-hydrogen) atoms. The predicted molar refractivity (Wildman–Crippen MR) is 83.5 cm³/mol. The standard InChI is InChI=1S/C16H15F2NO4S/c1-19(10-12-4-2-3-5-14(12)20)15(21)11-6-8-13(9-7-11)24(22,23)16(17)18/h2-9,16,20H,10H2,1H3. The van der Waals surface area contributed by atoms with Gasteiger partial charge in [-0.05, 0) is 30.3 Å². The highest BCUT2D eigenvalue weighted by Crippen LogP contribution is 2.21. The van der Waals surface area contributed by atoms with E-state index in [0.717, 1.165) is 12.1 Å². The van der Waals surface area contributed by atoms with Crippen molar-refractivity contribution in [3.63, 3.8) is 0 Å². The van der Waals surface area contributed by atoms with Crippen LogP contribution in [0.4, 0.5) is 8.78 Å². The number of phenolic OH excluding ortho intramolecular Hbond substituents is 1. The zero-order valence-electron chi connectivity index (χ0n) is 12.7. The Morgan fingerprint density at radius 3 is 2.25 bits per heavy atom. The third-order valence-electron chi connectivity index (χ3n) is 3.41. The van der Waals surface area contributed by atoms with Crippen LogP contribution in [0.5, 0.6) is 5.75 Å². The highest BCUT2D eigenvalue weighted by molar-refractivity contribution is 7.91. The van der Waals surface area contributed by atoms with Gasteiger partial charge in [-0.1, -0.05) is 18.2 Å². The van der Waals surface area contributed by atoms with Crippen molar-refractivity contribution < 1.29 is 27.1 Å². The Labute approximate surface area is 138 Å². The van der Waals surface area contributed by atoms with Gasteiger partial charge in [-0.2, -0.15) is 8.78 Å². The molecule has 0 bridgehead atoms. The van der Waals surface area contributed by atoms with Gasteiger partial charge in [0, 0.05) is 24.7 Å². The normalized spacial score (nSPS) is 11.5. The topological polar surface area (TPSA) is 74.7 Å². The number of carbonyl (C=O) groups is 1. The van der Waals surface area contributed by atoms with Gasteiger partial charge in [-0.15, -0.1) is 0 Å². The van der Waals surface area contributed by atoms with Gasteiger partial charge >= 0.3 is 5.76 Å². The van der Waals surface area contributed by atoms with Crippen LogP contribution in [-0.4, -0.2) is 37.1 Å². The molecule has 0 atom stereocenters. The number of hydrogen-bond donors (Lipinski definition) is 1. The molecule has 1 amide bonds. The van der Waals surface area contributed by atoms with E-state index < -0.39 is 26.4 Å². The minimum absolute atomic E-state index is 0.0514. The average Bonchev–Trinajstić information content (AvgIpc) is 2.56. The highest BCUT2D eigenvalue weighted by Gasteiger charge is 2.26. The summed E-state index contributed by atoms with van der Waals surface area (Å²) >= 11 is 0. The number of halogens is 2. The van der Waals surface area contributed by atoms with Crippen molar-refractivity contribution in [2.24, 2.45) is 0 Å². The van der Waals surface area contributed by atoms with E-state index in [0.29, 0.717) is 5.56 Å². The van der Waals surface area contributed by atoms with Crippen molar-refractivity contribution in [1.29, 1.82) is 0 Å². The Balaban J connectivity index is 2.17. The summed E-state index contributed by atoms with van der Waals surface area (Å²) in [6.07, 6.45) is 0. The number of amides is 1. The number of aromatic hydroxyl groups is 1. The van der Waals surface area contributed by atoms with E-state index in [1.54, 1.807) is 18.2 Å².